The fourth-order valence-corrected chi connectivity index (χ4v) is 1.65. The summed E-state index contributed by atoms with van der Waals surface area (Å²) in [5.41, 5.74) is 6.52. The van der Waals surface area contributed by atoms with Gasteiger partial charge in [0.1, 0.15) is 11.6 Å². The molecule has 4 heteroatoms. The highest BCUT2D eigenvalue weighted by Gasteiger charge is 2.13. The topological polar surface area (TPSA) is 49.8 Å². The molecule has 17 heavy (non-hydrogen) atoms. The van der Waals surface area contributed by atoms with Crippen molar-refractivity contribution >= 4 is 5.69 Å². The van der Waals surface area contributed by atoms with Gasteiger partial charge in [-0.05, 0) is 23.8 Å². The highest BCUT2D eigenvalue weighted by atomic mass is 19.1. The number of hydrogen-bond donors (Lipinski definition) is 1. The fraction of sp³-hybridized carbons (Fsp3) is 0. The van der Waals surface area contributed by atoms with Gasteiger partial charge in [-0.1, -0.05) is 12.1 Å². The molecule has 0 amide bonds. The largest absolute Gasteiger partial charge is 0.399 e. The van der Waals surface area contributed by atoms with Crippen molar-refractivity contribution in [3.8, 4) is 17.2 Å². The smallest absolute Gasteiger partial charge is 0.135 e. The molecule has 2 nitrogen and oxygen atoms in total. The zero-order valence-electron chi connectivity index (χ0n) is 8.74. The molecule has 2 aromatic carbocycles. The third kappa shape index (κ3) is 2.08. The molecule has 0 heterocycles. The molecule has 0 aliphatic carbocycles. The molecule has 0 bridgehead atoms. The van der Waals surface area contributed by atoms with Gasteiger partial charge in [-0.3, -0.25) is 0 Å². The van der Waals surface area contributed by atoms with Gasteiger partial charge in [-0.25, -0.2) is 8.78 Å². The van der Waals surface area contributed by atoms with Crippen LogP contribution >= 0.6 is 0 Å². The van der Waals surface area contributed by atoms with E-state index < -0.39 is 11.6 Å². The Labute approximate surface area is 96.9 Å². The second kappa shape index (κ2) is 4.22. The molecule has 0 aliphatic rings. The first-order chi connectivity index (χ1) is 8.11. The first-order valence-electron chi connectivity index (χ1n) is 4.87. The number of nitrogens with zero attached hydrogens (tertiary/aromatic N) is 1. The number of nitriles is 1. The van der Waals surface area contributed by atoms with Gasteiger partial charge in [0, 0.05) is 17.3 Å². The average molecular weight is 230 g/mol. The lowest BCUT2D eigenvalue weighted by Crippen LogP contribution is -1.93. The average Bonchev–Trinajstić information content (AvgIpc) is 2.27. The van der Waals surface area contributed by atoms with E-state index in [1.807, 2.05) is 0 Å². The van der Waals surface area contributed by atoms with Crippen molar-refractivity contribution in [2.24, 2.45) is 0 Å². The first kappa shape index (κ1) is 11.1. The zero-order valence-corrected chi connectivity index (χ0v) is 8.74. The number of rotatable bonds is 1. The Morgan fingerprint density at radius 2 is 1.88 bits per heavy atom. The van der Waals surface area contributed by atoms with Crippen LogP contribution in [0, 0.1) is 23.0 Å². The minimum Gasteiger partial charge on any atom is -0.399 e. The van der Waals surface area contributed by atoms with E-state index in [1.54, 1.807) is 24.3 Å². The number of hydrogen-bond acceptors (Lipinski definition) is 2. The van der Waals surface area contributed by atoms with Crippen molar-refractivity contribution in [3.63, 3.8) is 0 Å². The van der Waals surface area contributed by atoms with E-state index >= 15 is 0 Å². The summed E-state index contributed by atoms with van der Waals surface area (Å²) < 4.78 is 26.7. The van der Waals surface area contributed by atoms with Crippen LogP contribution in [0.1, 0.15) is 5.56 Å². The summed E-state index contributed by atoms with van der Waals surface area (Å²) in [6, 6.07) is 9.98. The maximum absolute atomic E-state index is 13.7. The van der Waals surface area contributed by atoms with Gasteiger partial charge in [0.15, 0.2) is 0 Å². The van der Waals surface area contributed by atoms with E-state index in [9.17, 15) is 8.78 Å². The quantitative estimate of drug-likeness (QED) is 0.765. The van der Waals surface area contributed by atoms with E-state index in [1.165, 1.54) is 6.07 Å². The van der Waals surface area contributed by atoms with E-state index in [0.29, 0.717) is 11.3 Å². The van der Waals surface area contributed by atoms with Gasteiger partial charge in [0.05, 0.1) is 11.6 Å². The van der Waals surface area contributed by atoms with Crippen molar-refractivity contribution in [2.75, 3.05) is 5.73 Å². The van der Waals surface area contributed by atoms with Crippen LogP contribution in [-0.4, -0.2) is 0 Å². The summed E-state index contributed by atoms with van der Waals surface area (Å²) in [6.45, 7) is 0. The summed E-state index contributed by atoms with van der Waals surface area (Å²) in [5.74, 6) is -1.54. The van der Waals surface area contributed by atoms with Crippen LogP contribution in [0.2, 0.25) is 0 Å². The van der Waals surface area contributed by atoms with Crippen LogP contribution in [0.15, 0.2) is 36.4 Å². The number of anilines is 1. The van der Waals surface area contributed by atoms with Crippen LogP contribution in [0.3, 0.4) is 0 Å². The molecule has 0 saturated carbocycles. The van der Waals surface area contributed by atoms with Gasteiger partial charge in [-0.15, -0.1) is 0 Å². The molecule has 2 N–H and O–H groups in total. The van der Waals surface area contributed by atoms with Crippen LogP contribution < -0.4 is 5.73 Å². The third-order valence-corrected chi connectivity index (χ3v) is 2.35. The highest BCUT2D eigenvalue weighted by Crippen LogP contribution is 2.28. The standard InChI is InChI=1S/C13H8F2N2/c14-10-4-9(7-16)13(12(15)6-10)8-2-1-3-11(17)5-8/h1-6H,17H2. The first-order valence-corrected chi connectivity index (χ1v) is 4.87. The molecule has 84 valence electrons. The molecule has 0 spiro atoms. The molecule has 2 aromatic rings. The van der Waals surface area contributed by atoms with Crippen molar-refractivity contribution in [3.05, 3.63) is 53.6 Å². The van der Waals surface area contributed by atoms with Crippen molar-refractivity contribution < 1.29 is 8.78 Å². The maximum atomic E-state index is 13.7. The maximum Gasteiger partial charge on any atom is 0.135 e. The van der Waals surface area contributed by atoms with Crippen LogP contribution in [-0.2, 0) is 0 Å². The third-order valence-electron chi connectivity index (χ3n) is 2.35. The Hall–Kier alpha value is -2.41. The molecule has 0 aliphatic heterocycles. The molecule has 0 atom stereocenters. The van der Waals surface area contributed by atoms with Gasteiger partial charge in [0.25, 0.3) is 0 Å². The predicted molar refractivity (Wildman–Crippen MR) is 60.9 cm³/mol. The van der Waals surface area contributed by atoms with E-state index in [-0.39, 0.29) is 11.1 Å². The van der Waals surface area contributed by atoms with Crippen LogP contribution in [0.5, 0.6) is 0 Å². The lowest BCUT2D eigenvalue weighted by Gasteiger charge is -2.07. The molecule has 0 saturated heterocycles. The van der Waals surface area contributed by atoms with E-state index in [2.05, 4.69) is 0 Å². The van der Waals surface area contributed by atoms with Gasteiger partial charge in [0.2, 0.25) is 0 Å². The Bertz CT molecular complexity index is 615. The van der Waals surface area contributed by atoms with Crippen molar-refractivity contribution in [1.82, 2.24) is 0 Å². The minimum absolute atomic E-state index is 0.0481. The molecule has 0 unspecified atom stereocenters. The molecule has 0 fully saturated rings. The summed E-state index contributed by atoms with van der Waals surface area (Å²) in [4.78, 5) is 0. The summed E-state index contributed by atoms with van der Waals surface area (Å²) in [7, 11) is 0. The zero-order chi connectivity index (χ0) is 12.4. The van der Waals surface area contributed by atoms with Gasteiger partial charge >= 0.3 is 0 Å². The number of benzene rings is 2. The van der Waals surface area contributed by atoms with Crippen LogP contribution in [0.25, 0.3) is 11.1 Å². The Morgan fingerprint density at radius 3 is 2.53 bits per heavy atom. The van der Waals surface area contributed by atoms with E-state index in [0.717, 1.165) is 12.1 Å². The Kier molecular flexibility index (Phi) is 2.75. The summed E-state index contributed by atoms with van der Waals surface area (Å²) >= 11 is 0. The SMILES string of the molecule is N#Cc1cc(F)cc(F)c1-c1cccc(N)c1. The van der Waals surface area contributed by atoms with E-state index in [4.69, 9.17) is 11.0 Å². The van der Waals surface area contributed by atoms with Crippen molar-refractivity contribution in [2.45, 2.75) is 0 Å². The summed E-state index contributed by atoms with van der Waals surface area (Å²) in [5, 5.41) is 8.88. The Balaban J connectivity index is 2.71. The van der Waals surface area contributed by atoms with Gasteiger partial charge in [-0.2, -0.15) is 5.26 Å². The fourth-order valence-electron chi connectivity index (χ4n) is 1.65. The molecular weight excluding hydrogens is 222 g/mol. The summed E-state index contributed by atoms with van der Waals surface area (Å²) in [6.07, 6.45) is 0. The lowest BCUT2D eigenvalue weighted by molar-refractivity contribution is 0.585. The normalized spacial score (nSPS) is 9.94. The number of halogens is 2. The second-order valence-electron chi connectivity index (χ2n) is 3.55. The van der Waals surface area contributed by atoms with Crippen LogP contribution in [0.4, 0.5) is 14.5 Å². The highest BCUT2D eigenvalue weighted by molar-refractivity contribution is 5.73. The molecule has 2 rings (SSSR count). The Morgan fingerprint density at radius 1 is 1.12 bits per heavy atom. The van der Waals surface area contributed by atoms with Crippen molar-refractivity contribution in [1.29, 1.82) is 5.26 Å². The lowest BCUT2D eigenvalue weighted by atomic mass is 9.99. The minimum atomic E-state index is -0.772. The predicted octanol–water partition coefficient (Wildman–Crippen LogP) is 3.09. The number of nitrogens with two attached hydrogens (primary N) is 1. The molecule has 0 aromatic heterocycles. The monoisotopic (exact) mass is 230 g/mol. The van der Waals surface area contributed by atoms with Gasteiger partial charge < -0.3 is 5.73 Å². The molecular formula is C13H8F2N2. The molecule has 0 radical (unpaired) electrons. The number of nitrogen functional groups attached to an aromatic ring is 1. The second-order valence-corrected chi connectivity index (χ2v) is 3.55.